The number of aromatic nitrogens is 2. The van der Waals surface area contributed by atoms with E-state index in [1.54, 1.807) is 6.20 Å². The van der Waals surface area contributed by atoms with Gasteiger partial charge in [0.05, 0.1) is 18.3 Å². The summed E-state index contributed by atoms with van der Waals surface area (Å²) in [5.41, 5.74) is 0.958. The largest absolute Gasteiger partial charge is 0.465 e. The molecule has 2 aromatic heterocycles. The monoisotopic (exact) mass is 392 g/mol. The van der Waals surface area contributed by atoms with Crippen molar-refractivity contribution < 1.29 is 14.7 Å². The van der Waals surface area contributed by atoms with E-state index < -0.39 is 6.09 Å². The van der Waals surface area contributed by atoms with Crippen LogP contribution in [-0.4, -0.2) is 44.5 Å². The van der Waals surface area contributed by atoms with Gasteiger partial charge in [0.1, 0.15) is 5.82 Å². The van der Waals surface area contributed by atoms with E-state index in [9.17, 15) is 9.59 Å². The number of likely N-dealkylation sites (tertiary alicyclic amines) is 1. The van der Waals surface area contributed by atoms with E-state index in [2.05, 4.69) is 26.2 Å². The van der Waals surface area contributed by atoms with Gasteiger partial charge in [0.25, 0.3) is 0 Å². The molecule has 2 amide bonds. The molecule has 4 rings (SSSR count). The molecule has 1 saturated carbocycles. The fourth-order valence-electron chi connectivity index (χ4n) is 3.93. The Hall–Kier alpha value is -2.09. The van der Waals surface area contributed by atoms with Gasteiger partial charge in [-0.15, -0.1) is 0 Å². The molecule has 126 valence electrons. The molecule has 7 nitrogen and oxygen atoms in total. The van der Waals surface area contributed by atoms with Crippen molar-refractivity contribution in [3.63, 3.8) is 0 Å². The molecule has 0 aromatic carbocycles. The van der Waals surface area contributed by atoms with Gasteiger partial charge < -0.3 is 19.7 Å². The number of nitrogens with one attached hydrogen (secondary N) is 1. The summed E-state index contributed by atoms with van der Waals surface area (Å²) in [6.07, 6.45) is 3.74. The summed E-state index contributed by atoms with van der Waals surface area (Å²) in [6.45, 7) is 1.29. The van der Waals surface area contributed by atoms with E-state index in [1.165, 1.54) is 4.90 Å². The smallest absolute Gasteiger partial charge is 0.407 e. The van der Waals surface area contributed by atoms with Crippen molar-refractivity contribution in [2.45, 2.75) is 13.0 Å². The highest BCUT2D eigenvalue weighted by molar-refractivity contribution is 9.10. The van der Waals surface area contributed by atoms with Crippen LogP contribution in [0.25, 0.3) is 5.52 Å². The van der Waals surface area contributed by atoms with Gasteiger partial charge in [-0.25, -0.2) is 9.78 Å². The van der Waals surface area contributed by atoms with Gasteiger partial charge in [0.15, 0.2) is 0 Å². The van der Waals surface area contributed by atoms with E-state index in [4.69, 9.17) is 5.11 Å². The fourth-order valence-corrected chi connectivity index (χ4v) is 4.37. The summed E-state index contributed by atoms with van der Waals surface area (Å²) in [6, 6.07) is 3.87. The molecule has 3 heterocycles. The van der Waals surface area contributed by atoms with Crippen LogP contribution >= 0.6 is 15.9 Å². The Morgan fingerprint density at radius 3 is 2.83 bits per heavy atom. The third-order valence-corrected chi connectivity index (χ3v) is 5.79. The lowest BCUT2D eigenvalue weighted by Gasteiger charge is -2.51. The van der Waals surface area contributed by atoms with E-state index >= 15 is 0 Å². The maximum absolute atomic E-state index is 12.5. The Morgan fingerprint density at radius 1 is 1.38 bits per heavy atom. The number of nitrogens with zero attached hydrogens (tertiary/aromatic N) is 3. The Kier molecular flexibility index (Phi) is 3.71. The number of hydrogen-bond donors (Lipinski definition) is 2. The molecule has 2 bridgehead atoms. The third kappa shape index (κ3) is 2.45. The van der Waals surface area contributed by atoms with Crippen LogP contribution in [0.4, 0.5) is 4.79 Å². The van der Waals surface area contributed by atoms with Crippen LogP contribution in [0.1, 0.15) is 12.2 Å². The first-order valence-corrected chi connectivity index (χ1v) is 8.70. The molecule has 8 heteroatoms. The fraction of sp³-hybridized carbons (Fsp3) is 0.438. The zero-order chi connectivity index (χ0) is 16.8. The quantitative estimate of drug-likeness (QED) is 0.835. The number of carbonyl (C=O) groups excluding carboxylic acids is 1. The minimum atomic E-state index is -0.891. The van der Waals surface area contributed by atoms with Crippen LogP contribution in [-0.2, 0) is 11.3 Å². The summed E-state index contributed by atoms with van der Waals surface area (Å²) in [7, 11) is 0. The SMILES string of the molecule is O=C(NCc1ncc2c(Br)cccn12)[C@@H]1[C@@H]2C[C@H]1CN(C(=O)O)C2. The Balaban J connectivity index is 1.41. The minimum absolute atomic E-state index is 0.00744. The lowest BCUT2D eigenvalue weighted by Crippen LogP contribution is -2.60. The predicted molar refractivity (Wildman–Crippen MR) is 89.4 cm³/mol. The summed E-state index contributed by atoms with van der Waals surface area (Å²) in [4.78, 5) is 29.3. The van der Waals surface area contributed by atoms with Crippen LogP contribution < -0.4 is 5.32 Å². The normalized spacial score (nSPS) is 25.4. The van der Waals surface area contributed by atoms with Crippen molar-refractivity contribution in [1.29, 1.82) is 0 Å². The minimum Gasteiger partial charge on any atom is -0.465 e. The molecule has 2 N–H and O–H groups in total. The molecule has 0 spiro atoms. The predicted octanol–water partition coefficient (Wildman–Crippen LogP) is 1.96. The van der Waals surface area contributed by atoms with Crippen molar-refractivity contribution >= 4 is 33.4 Å². The number of piperidine rings is 2. The third-order valence-electron chi connectivity index (χ3n) is 5.12. The zero-order valence-corrected chi connectivity index (χ0v) is 14.4. The van der Waals surface area contributed by atoms with Crippen molar-refractivity contribution in [3.8, 4) is 0 Å². The van der Waals surface area contributed by atoms with Crippen LogP contribution in [0, 0.1) is 17.8 Å². The lowest BCUT2D eigenvalue weighted by molar-refractivity contribution is -0.140. The maximum atomic E-state index is 12.5. The van der Waals surface area contributed by atoms with Crippen molar-refractivity contribution in [1.82, 2.24) is 19.6 Å². The number of halogens is 1. The number of carbonyl (C=O) groups is 2. The lowest BCUT2D eigenvalue weighted by atomic mass is 9.61. The highest BCUT2D eigenvalue weighted by Crippen LogP contribution is 2.45. The van der Waals surface area contributed by atoms with Gasteiger partial charge in [-0.1, -0.05) is 0 Å². The van der Waals surface area contributed by atoms with Crippen molar-refractivity contribution in [2.24, 2.45) is 17.8 Å². The topological polar surface area (TPSA) is 86.9 Å². The highest BCUT2D eigenvalue weighted by Gasteiger charge is 2.51. The first-order valence-electron chi connectivity index (χ1n) is 7.90. The van der Waals surface area contributed by atoms with Crippen molar-refractivity contribution in [3.05, 3.63) is 34.8 Å². The molecule has 1 aliphatic heterocycles. The molecule has 0 radical (unpaired) electrons. The molecule has 3 atom stereocenters. The van der Waals surface area contributed by atoms with E-state index in [1.807, 2.05) is 22.7 Å². The van der Waals surface area contributed by atoms with Gasteiger partial charge >= 0.3 is 6.09 Å². The molecule has 2 aliphatic rings. The van der Waals surface area contributed by atoms with Gasteiger partial charge in [0.2, 0.25) is 5.91 Å². The second-order valence-electron chi connectivity index (χ2n) is 6.47. The number of pyridine rings is 1. The van der Waals surface area contributed by atoms with Crippen LogP contribution in [0.3, 0.4) is 0 Å². The maximum Gasteiger partial charge on any atom is 0.407 e. The van der Waals surface area contributed by atoms with E-state index in [-0.39, 0.29) is 23.7 Å². The Bertz CT molecular complexity index is 809. The number of amides is 2. The molecule has 1 saturated heterocycles. The first kappa shape index (κ1) is 15.4. The van der Waals surface area contributed by atoms with Crippen LogP contribution in [0.5, 0.6) is 0 Å². The molecule has 0 unspecified atom stereocenters. The molecular formula is C16H17BrN4O3. The first-order chi connectivity index (χ1) is 11.5. The summed E-state index contributed by atoms with van der Waals surface area (Å²) in [5.74, 6) is 1.000. The number of carboxylic acid groups (broad SMARTS) is 1. The van der Waals surface area contributed by atoms with E-state index in [0.29, 0.717) is 19.6 Å². The number of fused-ring (bicyclic) bond motifs is 3. The second-order valence-corrected chi connectivity index (χ2v) is 7.33. The average molecular weight is 393 g/mol. The highest BCUT2D eigenvalue weighted by atomic mass is 79.9. The summed E-state index contributed by atoms with van der Waals surface area (Å²) < 4.78 is 2.90. The number of rotatable bonds is 3. The van der Waals surface area contributed by atoms with Crippen LogP contribution in [0.15, 0.2) is 29.0 Å². The van der Waals surface area contributed by atoms with Crippen LogP contribution in [0.2, 0.25) is 0 Å². The average Bonchev–Trinajstić information content (AvgIpc) is 2.97. The van der Waals surface area contributed by atoms with Crippen molar-refractivity contribution in [2.75, 3.05) is 13.1 Å². The van der Waals surface area contributed by atoms with Gasteiger partial charge in [-0.05, 0) is 46.3 Å². The Labute approximate surface area is 146 Å². The van der Waals surface area contributed by atoms with Gasteiger partial charge in [0, 0.05) is 29.7 Å². The standard InChI is InChI=1S/C16H17BrN4O3/c17-11-2-1-3-21-12(11)5-18-13(21)6-19-15(22)14-9-4-10(14)8-20(7-9)16(23)24/h1-3,5,9-10,14H,4,6-8H2,(H,19,22)(H,23,24)/t9-,10+,14-. The van der Waals surface area contributed by atoms with Gasteiger partial charge in [-0.3, -0.25) is 4.79 Å². The second kappa shape index (κ2) is 5.77. The molecule has 2 aromatic rings. The molecule has 1 aliphatic carbocycles. The molecular weight excluding hydrogens is 376 g/mol. The zero-order valence-electron chi connectivity index (χ0n) is 12.9. The Morgan fingerprint density at radius 2 is 2.12 bits per heavy atom. The molecule has 24 heavy (non-hydrogen) atoms. The number of imidazole rings is 1. The number of hydrogen-bond acceptors (Lipinski definition) is 3. The summed E-state index contributed by atoms with van der Waals surface area (Å²) >= 11 is 3.48. The van der Waals surface area contributed by atoms with Gasteiger partial charge in [-0.2, -0.15) is 0 Å². The van der Waals surface area contributed by atoms with E-state index in [0.717, 1.165) is 22.2 Å². The molecule has 2 fully saturated rings. The summed E-state index contributed by atoms with van der Waals surface area (Å²) in [5, 5.41) is 12.0.